The van der Waals surface area contributed by atoms with E-state index < -0.39 is 10.0 Å². The molecule has 20 heavy (non-hydrogen) atoms. The first kappa shape index (κ1) is 15.2. The molecule has 0 saturated carbocycles. The van der Waals surface area contributed by atoms with Gasteiger partial charge in [-0.2, -0.15) is 0 Å². The van der Waals surface area contributed by atoms with E-state index in [0.29, 0.717) is 23.0 Å². The van der Waals surface area contributed by atoms with Gasteiger partial charge in [0.1, 0.15) is 0 Å². The average molecular weight is 332 g/mol. The van der Waals surface area contributed by atoms with Crippen LogP contribution >= 0.6 is 22.9 Å². The Bertz CT molecular complexity index is 686. The maximum atomic E-state index is 12.2. The van der Waals surface area contributed by atoms with Gasteiger partial charge in [-0.15, -0.1) is 11.3 Å². The second-order valence-electron chi connectivity index (χ2n) is 3.96. The molecule has 8 heteroatoms. The van der Waals surface area contributed by atoms with E-state index in [2.05, 4.69) is 15.0 Å². The monoisotopic (exact) mass is 331 g/mol. The highest BCUT2D eigenvalue weighted by molar-refractivity contribution is 7.89. The summed E-state index contributed by atoms with van der Waals surface area (Å²) in [5.41, 5.74) is 0.471. The molecule has 0 bridgehead atoms. The molecule has 0 aliphatic carbocycles. The van der Waals surface area contributed by atoms with Crippen molar-refractivity contribution < 1.29 is 8.42 Å². The second kappa shape index (κ2) is 6.53. The molecule has 0 aliphatic heterocycles. The summed E-state index contributed by atoms with van der Waals surface area (Å²) in [7, 11) is -1.96. The lowest BCUT2D eigenvalue weighted by atomic mass is 10.3. The van der Waals surface area contributed by atoms with E-state index in [1.807, 2.05) is 6.07 Å². The third kappa shape index (κ3) is 3.69. The van der Waals surface area contributed by atoms with Crippen LogP contribution in [0.5, 0.6) is 0 Å². The van der Waals surface area contributed by atoms with E-state index in [9.17, 15) is 8.42 Å². The lowest BCUT2D eigenvalue weighted by Crippen LogP contribution is -2.27. The molecule has 2 N–H and O–H groups in total. The summed E-state index contributed by atoms with van der Waals surface area (Å²) in [4.78, 5) is 4.95. The Kier molecular flexibility index (Phi) is 4.98. The number of thiophene rings is 1. The molecule has 0 atom stereocenters. The van der Waals surface area contributed by atoms with Crippen LogP contribution in [-0.4, -0.2) is 27.0 Å². The molecule has 2 aromatic rings. The lowest BCUT2D eigenvalue weighted by molar-refractivity contribution is 0.578. The summed E-state index contributed by atoms with van der Waals surface area (Å²) < 4.78 is 27.6. The molecule has 108 valence electrons. The minimum absolute atomic E-state index is 0.00621. The number of hydrogen-bond donors (Lipinski definition) is 2. The summed E-state index contributed by atoms with van der Waals surface area (Å²) in [5.74, 6) is 0. The third-order valence-electron chi connectivity index (χ3n) is 2.59. The summed E-state index contributed by atoms with van der Waals surface area (Å²) in [5, 5.41) is 2.82. The van der Waals surface area contributed by atoms with E-state index in [-0.39, 0.29) is 5.03 Å². The highest BCUT2D eigenvalue weighted by atomic mass is 35.5. The van der Waals surface area contributed by atoms with Crippen LogP contribution in [0.4, 0.5) is 5.69 Å². The largest absolute Gasteiger partial charge is 0.386 e. The molecule has 0 aliphatic rings. The van der Waals surface area contributed by atoms with Gasteiger partial charge in [0, 0.05) is 24.7 Å². The van der Waals surface area contributed by atoms with E-state index >= 15 is 0 Å². The number of aromatic nitrogens is 1. The number of sulfonamides is 1. The third-order valence-corrected chi connectivity index (χ3v) is 5.30. The van der Waals surface area contributed by atoms with E-state index in [4.69, 9.17) is 11.6 Å². The van der Waals surface area contributed by atoms with Crippen molar-refractivity contribution in [1.29, 1.82) is 0 Å². The highest BCUT2D eigenvalue weighted by Gasteiger charge is 2.18. The molecular weight excluding hydrogens is 318 g/mol. The molecule has 2 rings (SSSR count). The summed E-state index contributed by atoms with van der Waals surface area (Å²) in [6, 6.07) is 7.04. The lowest BCUT2D eigenvalue weighted by Gasteiger charge is -2.09. The first-order valence-electron chi connectivity index (χ1n) is 5.89. The smallest absolute Gasteiger partial charge is 0.260 e. The van der Waals surface area contributed by atoms with Gasteiger partial charge < -0.3 is 5.32 Å². The summed E-state index contributed by atoms with van der Waals surface area (Å²) in [6.45, 7) is 0.304. The normalized spacial score (nSPS) is 11.5. The van der Waals surface area contributed by atoms with Crippen LogP contribution in [-0.2, 0) is 16.4 Å². The molecule has 0 unspecified atom stereocenters. The van der Waals surface area contributed by atoms with Gasteiger partial charge in [-0.1, -0.05) is 11.6 Å². The first-order chi connectivity index (χ1) is 9.53. The van der Waals surface area contributed by atoms with Gasteiger partial charge in [0.15, 0.2) is 5.03 Å². The topological polar surface area (TPSA) is 71.1 Å². The Labute approximate surface area is 127 Å². The number of hydrogen-bond acceptors (Lipinski definition) is 5. The molecule has 0 aromatic carbocycles. The van der Waals surface area contributed by atoms with Crippen molar-refractivity contribution in [3.8, 4) is 0 Å². The number of pyridine rings is 1. The molecule has 0 radical (unpaired) electrons. The fourth-order valence-electron chi connectivity index (χ4n) is 1.66. The van der Waals surface area contributed by atoms with Crippen molar-refractivity contribution in [3.05, 3.63) is 39.7 Å². The summed E-state index contributed by atoms with van der Waals surface area (Å²) in [6.07, 6.45) is 2.05. The molecule has 0 spiro atoms. The van der Waals surface area contributed by atoms with Crippen molar-refractivity contribution >= 4 is 38.6 Å². The molecule has 2 aromatic heterocycles. The van der Waals surface area contributed by atoms with Crippen molar-refractivity contribution in [2.24, 2.45) is 0 Å². The van der Waals surface area contributed by atoms with Gasteiger partial charge in [-0.25, -0.2) is 18.1 Å². The maximum Gasteiger partial charge on any atom is 0.260 e. The Morgan fingerprint density at radius 1 is 1.35 bits per heavy atom. The SMILES string of the molecule is CNc1cccnc1S(=O)(=O)NCCc1ccc(Cl)s1. The zero-order valence-corrected chi connectivity index (χ0v) is 13.1. The molecule has 0 saturated heterocycles. The predicted octanol–water partition coefficient (Wildman–Crippen LogP) is 2.36. The Morgan fingerprint density at radius 3 is 2.80 bits per heavy atom. The second-order valence-corrected chi connectivity index (χ2v) is 7.44. The molecule has 0 amide bonds. The fourth-order valence-corrected chi connectivity index (χ4v) is 3.91. The van der Waals surface area contributed by atoms with Gasteiger partial charge in [0.25, 0.3) is 10.0 Å². The van der Waals surface area contributed by atoms with E-state index in [1.165, 1.54) is 17.5 Å². The zero-order chi connectivity index (χ0) is 14.6. The number of nitrogens with one attached hydrogen (secondary N) is 2. The number of nitrogens with zero attached hydrogens (tertiary/aromatic N) is 1. The average Bonchev–Trinajstić information content (AvgIpc) is 2.84. The van der Waals surface area contributed by atoms with Gasteiger partial charge >= 0.3 is 0 Å². The first-order valence-corrected chi connectivity index (χ1v) is 8.57. The molecule has 2 heterocycles. The van der Waals surface area contributed by atoms with Crippen LogP contribution < -0.4 is 10.0 Å². The quantitative estimate of drug-likeness (QED) is 0.852. The Hall–Kier alpha value is -1.15. The van der Waals surface area contributed by atoms with E-state index in [1.54, 1.807) is 25.2 Å². The minimum atomic E-state index is -3.62. The van der Waals surface area contributed by atoms with Gasteiger partial charge in [0.2, 0.25) is 0 Å². The van der Waals surface area contributed by atoms with Gasteiger partial charge in [-0.05, 0) is 30.7 Å². The number of rotatable bonds is 6. The van der Waals surface area contributed by atoms with Crippen molar-refractivity contribution in [3.63, 3.8) is 0 Å². The Morgan fingerprint density at radius 2 is 2.15 bits per heavy atom. The summed E-state index contributed by atoms with van der Waals surface area (Å²) >= 11 is 7.27. The van der Waals surface area contributed by atoms with Crippen LogP contribution in [0.2, 0.25) is 4.34 Å². The number of halogens is 1. The van der Waals surface area contributed by atoms with Gasteiger partial charge in [-0.3, -0.25) is 0 Å². The van der Waals surface area contributed by atoms with Crippen molar-refractivity contribution in [1.82, 2.24) is 9.71 Å². The minimum Gasteiger partial charge on any atom is -0.386 e. The maximum absolute atomic E-state index is 12.2. The zero-order valence-electron chi connectivity index (χ0n) is 10.8. The van der Waals surface area contributed by atoms with Crippen molar-refractivity contribution in [2.45, 2.75) is 11.4 Å². The van der Waals surface area contributed by atoms with Crippen LogP contribution in [0, 0.1) is 0 Å². The van der Waals surface area contributed by atoms with Crippen LogP contribution in [0.3, 0.4) is 0 Å². The highest BCUT2D eigenvalue weighted by Crippen LogP contribution is 2.22. The van der Waals surface area contributed by atoms with Gasteiger partial charge in [0.05, 0.1) is 10.0 Å². The van der Waals surface area contributed by atoms with Crippen LogP contribution in [0.15, 0.2) is 35.5 Å². The van der Waals surface area contributed by atoms with E-state index in [0.717, 1.165) is 4.88 Å². The standard InChI is InChI=1S/C12H14ClN3O2S2/c1-14-10-3-2-7-15-12(10)20(17,18)16-8-6-9-4-5-11(13)19-9/h2-5,7,14,16H,6,8H2,1H3. The fraction of sp³-hybridized carbons (Fsp3) is 0.250. The molecular formula is C12H14ClN3O2S2. The van der Waals surface area contributed by atoms with Crippen molar-refractivity contribution in [2.75, 3.05) is 18.9 Å². The Balaban J connectivity index is 2.04. The number of anilines is 1. The molecule has 0 fully saturated rings. The van der Waals surface area contributed by atoms with Crippen LogP contribution in [0.25, 0.3) is 0 Å². The molecule has 5 nitrogen and oxygen atoms in total. The predicted molar refractivity (Wildman–Crippen MR) is 82.0 cm³/mol. The van der Waals surface area contributed by atoms with Crippen LogP contribution in [0.1, 0.15) is 4.88 Å².